The number of aromatic nitrogens is 2. The van der Waals surface area contributed by atoms with Crippen molar-refractivity contribution in [1.82, 2.24) is 14.6 Å². The van der Waals surface area contributed by atoms with Crippen LogP contribution in [0.3, 0.4) is 0 Å². The summed E-state index contributed by atoms with van der Waals surface area (Å²) in [4.78, 5) is 36.2. The van der Waals surface area contributed by atoms with E-state index in [9.17, 15) is 14.4 Å². The molecule has 3 rings (SSSR count). The van der Waals surface area contributed by atoms with Crippen LogP contribution in [0.5, 0.6) is 0 Å². The Morgan fingerprint density at radius 1 is 1.12 bits per heavy atom. The molecule has 0 bridgehead atoms. The predicted octanol–water partition coefficient (Wildman–Crippen LogP) is 1.18. The highest BCUT2D eigenvalue weighted by molar-refractivity contribution is 5.93. The first-order valence-corrected chi connectivity index (χ1v) is 7.66. The molecule has 0 fully saturated rings. The van der Waals surface area contributed by atoms with Gasteiger partial charge in [0.05, 0.1) is 17.4 Å². The van der Waals surface area contributed by atoms with Gasteiger partial charge in [0.1, 0.15) is 0 Å². The average molecular weight is 339 g/mol. The third-order valence-corrected chi connectivity index (χ3v) is 4.16. The fourth-order valence-corrected chi connectivity index (χ4v) is 2.76. The Labute approximate surface area is 142 Å². The normalized spacial score (nSPS) is 10.8. The van der Waals surface area contributed by atoms with Gasteiger partial charge in [-0.2, -0.15) is 0 Å². The number of nitrogens with zero attached hydrogens (tertiary/aromatic N) is 2. The highest BCUT2D eigenvalue weighted by atomic mass is 16.5. The molecule has 0 atom stereocenters. The van der Waals surface area contributed by atoms with Gasteiger partial charge in [-0.15, -0.1) is 0 Å². The zero-order chi connectivity index (χ0) is 18.1. The van der Waals surface area contributed by atoms with E-state index in [1.54, 1.807) is 35.8 Å². The van der Waals surface area contributed by atoms with Crippen molar-refractivity contribution in [2.75, 3.05) is 0 Å². The van der Waals surface area contributed by atoms with E-state index in [2.05, 4.69) is 0 Å². The molecule has 2 N–H and O–H groups in total. The zero-order valence-electron chi connectivity index (χ0n) is 13.8. The van der Waals surface area contributed by atoms with Crippen molar-refractivity contribution in [3.05, 3.63) is 80.0 Å². The Balaban J connectivity index is 2.13. The van der Waals surface area contributed by atoms with Crippen molar-refractivity contribution < 1.29 is 10.0 Å². The SMILES string of the molecule is Cc1ccc2c(=O)n(C)c(=O)n(Cc3ccc(C(=O)NO)cc3)c2c1. The maximum atomic E-state index is 12.6. The van der Waals surface area contributed by atoms with Crippen LogP contribution in [-0.4, -0.2) is 20.2 Å². The fraction of sp³-hybridized carbons (Fsp3) is 0.167. The second-order valence-corrected chi connectivity index (χ2v) is 5.89. The van der Waals surface area contributed by atoms with E-state index in [1.807, 2.05) is 19.1 Å². The Bertz CT molecular complexity index is 1080. The third-order valence-electron chi connectivity index (χ3n) is 4.16. The van der Waals surface area contributed by atoms with Crippen LogP contribution in [0.25, 0.3) is 10.9 Å². The predicted molar refractivity (Wildman–Crippen MR) is 93.0 cm³/mol. The maximum absolute atomic E-state index is 12.6. The summed E-state index contributed by atoms with van der Waals surface area (Å²) in [6.07, 6.45) is 0. The van der Waals surface area contributed by atoms with Gasteiger partial charge in [-0.25, -0.2) is 10.3 Å². The number of aryl methyl sites for hydroxylation is 1. The molecule has 0 unspecified atom stereocenters. The number of carbonyl (C=O) groups excluding carboxylic acids is 1. The number of hydroxylamine groups is 1. The molecule has 0 aliphatic heterocycles. The molecule has 25 heavy (non-hydrogen) atoms. The standard InChI is InChI=1S/C18H17N3O4/c1-11-3-8-14-15(9-11)21(18(24)20(2)17(14)23)10-12-4-6-13(7-5-12)16(22)19-25/h3-9,25H,10H2,1-2H3,(H,19,22). The van der Waals surface area contributed by atoms with E-state index in [1.165, 1.54) is 11.6 Å². The van der Waals surface area contributed by atoms with E-state index in [-0.39, 0.29) is 12.1 Å². The number of hydrogen-bond acceptors (Lipinski definition) is 4. The summed E-state index contributed by atoms with van der Waals surface area (Å²) in [5.41, 5.74) is 3.46. The summed E-state index contributed by atoms with van der Waals surface area (Å²) in [6, 6.07) is 11.9. The van der Waals surface area contributed by atoms with Crippen LogP contribution < -0.4 is 16.7 Å². The van der Waals surface area contributed by atoms with Crippen LogP contribution >= 0.6 is 0 Å². The quantitative estimate of drug-likeness (QED) is 0.553. The number of fused-ring (bicyclic) bond motifs is 1. The largest absolute Gasteiger partial charge is 0.331 e. The van der Waals surface area contributed by atoms with Crippen molar-refractivity contribution in [3.8, 4) is 0 Å². The van der Waals surface area contributed by atoms with E-state index >= 15 is 0 Å². The lowest BCUT2D eigenvalue weighted by Crippen LogP contribution is -2.38. The number of hydrogen-bond donors (Lipinski definition) is 2. The average Bonchev–Trinajstić information content (AvgIpc) is 2.63. The van der Waals surface area contributed by atoms with Gasteiger partial charge >= 0.3 is 5.69 Å². The molecule has 0 spiro atoms. The van der Waals surface area contributed by atoms with Crippen LogP contribution in [-0.2, 0) is 13.6 Å². The third kappa shape index (κ3) is 2.97. The molecule has 7 nitrogen and oxygen atoms in total. The molecule has 7 heteroatoms. The highest BCUT2D eigenvalue weighted by Crippen LogP contribution is 2.13. The van der Waals surface area contributed by atoms with Crippen LogP contribution in [0.4, 0.5) is 0 Å². The molecule has 0 saturated carbocycles. The van der Waals surface area contributed by atoms with E-state index in [4.69, 9.17) is 5.21 Å². The molecule has 0 aliphatic carbocycles. The monoisotopic (exact) mass is 339 g/mol. The van der Waals surface area contributed by atoms with E-state index in [0.717, 1.165) is 15.7 Å². The zero-order valence-corrected chi connectivity index (χ0v) is 13.8. The first-order valence-electron chi connectivity index (χ1n) is 7.66. The van der Waals surface area contributed by atoms with Crippen LogP contribution in [0.15, 0.2) is 52.1 Å². The Morgan fingerprint density at radius 2 is 1.80 bits per heavy atom. The van der Waals surface area contributed by atoms with Gasteiger partial charge in [0.2, 0.25) is 0 Å². The van der Waals surface area contributed by atoms with Crippen molar-refractivity contribution in [3.63, 3.8) is 0 Å². The van der Waals surface area contributed by atoms with Gasteiger partial charge in [0, 0.05) is 12.6 Å². The first kappa shape index (κ1) is 16.7. The molecule has 0 saturated heterocycles. The van der Waals surface area contributed by atoms with Gasteiger partial charge in [-0.3, -0.25) is 23.9 Å². The highest BCUT2D eigenvalue weighted by Gasteiger charge is 2.12. The van der Waals surface area contributed by atoms with Crippen molar-refractivity contribution in [1.29, 1.82) is 0 Å². The lowest BCUT2D eigenvalue weighted by Gasteiger charge is -2.13. The van der Waals surface area contributed by atoms with Crippen LogP contribution in [0, 0.1) is 6.92 Å². The maximum Gasteiger partial charge on any atom is 0.331 e. The molecule has 2 aromatic carbocycles. The summed E-state index contributed by atoms with van der Waals surface area (Å²) >= 11 is 0. The molecular formula is C18H17N3O4. The van der Waals surface area contributed by atoms with E-state index in [0.29, 0.717) is 16.5 Å². The van der Waals surface area contributed by atoms with Gasteiger partial charge in [0.25, 0.3) is 11.5 Å². The smallest absolute Gasteiger partial charge is 0.289 e. The van der Waals surface area contributed by atoms with Gasteiger partial charge < -0.3 is 0 Å². The Kier molecular flexibility index (Phi) is 4.24. The van der Waals surface area contributed by atoms with Gasteiger partial charge in [-0.05, 0) is 42.3 Å². The van der Waals surface area contributed by atoms with Crippen molar-refractivity contribution >= 4 is 16.8 Å². The molecule has 1 heterocycles. The Hall–Kier alpha value is -3.19. The van der Waals surface area contributed by atoms with Gasteiger partial charge in [-0.1, -0.05) is 18.2 Å². The number of benzene rings is 2. The number of amides is 1. The van der Waals surface area contributed by atoms with E-state index < -0.39 is 11.6 Å². The molecule has 1 amide bonds. The minimum Gasteiger partial charge on any atom is -0.289 e. The minimum atomic E-state index is -0.605. The molecule has 128 valence electrons. The number of nitrogens with one attached hydrogen (secondary N) is 1. The number of rotatable bonds is 3. The summed E-state index contributed by atoms with van der Waals surface area (Å²) in [5.74, 6) is -0.605. The molecule has 3 aromatic rings. The summed E-state index contributed by atoms with van der Waals surface area (Å²) in [5, 5.41) is 9.13. The first-order chi connectivity index (χ1) is 11.9. The lowest BCUT2D eigenvalue weighted by atomic mass is 10.1. The van der Waals surface area contributed by atoms with Crippen molar-refractivity contribution in [2.24, 2.45) is 7.05 Å². The lowest BCUT2D eigenvalue weighted by molar-refractivity contribution is 0.0706. The second-order valence-electron chi connectivity index (χ2n) is 5.89. The Morgan fingerprint density at radius 3 is 2.44 bits per heavy atom. The van der Waals surface area contributed by atoms with Gasteiger partial charge in [0.15, 0.2) is 0 Å². The molecule has 0 aliphatic rings. The summed E-state index contributed by atoms with van der Waals surface area (Å²) < 4.78 is 2.62. The minimum absolute atomic E-state index is 0.258. The summed E-state index contributed by atoms with van der Waals surface area (Å²) in [6.45, 7) is 2.15. The molecular weight excluding hydrogens is 322 g/mol. The molecule has 1 aromatic heterocycles. The fourth-order valence-electron chi connectivity index (χ4n) is 2.76. The van der Waals surface area contributed by atoms with Crippen LogP contribution in [0.2, 0.25) is 0 Å². The second kappa shape index (κ2) is 6.37. The summed E-state index contributed by atoms with van der Waals surface area (Å²) in [7, 11) is 1.45. The molecule has 0 radical (unpaired) electrons. The van der Waals surface area contributed by atoms with Crippen LogP contribution in [0.1, 0.15) is 21.5 Å². The van der Waals surface area contributed by atoms with Crippen molar-refractivity contribution in [2.45, 2.75) is 13.5 Å². The topological polar surface area (TPSA) is 93.3 Å². The number of carbonyl (C=O) groups is 1.